The molecule has 1 aliphatic heterocycles. The van der Waals surface area contributed by atoms with E-state index in [4.69, 9.17) is 14.2 Å². The topological polar surface area (TPSA) is 43.0 Å². The molecule has 34 heavy (non-hydrogen) atoms. The average Bonchev–Trinajstić information content (AvgIpc) is 3.14. The van der Waals surface area contributed by atoms with Crippen molar-refractivity contribution in [2.45, 2.75) is 19.1 Å². The fourth-order valence-electron chi connectivity index (χ4n) is 4.37. The summed E-state index contributed by atoms with van der Waals surface area (Å²) in [6.45, 7) is 3.52. The summed E-state index contributed by atoms with van der Waals surface area (Å²) >= 11 is 0. The van der Waals surface area contributed by atoms with Crippen molar-refractivity contribution in [1.82, 2.24) is 10.2 Å². The monoisotopic (exact) mass is 468 g/mol. The molecule has 0 spiro atoms. The van der Waals surface area contributed by atoms with E-state index in [-0.39, 0.29) is 0 Å². The van der Waals surface area contributed by atoms with Gasteiger partial charge in [-0.15, -0.1) is 0 Å². The van der Waals surface area contributed by atoms with Crippen molar-refractivity contribution in [3.63, 3.8) is 0 Å². The van der Waals surface area contributed by atoms with E-state index in [0.29, 0.717) is 29.4 Å². The van der Waals surface area contributed by atoms with Gasteiger partial charge in [-0.1, -0.05) is 36.4 Å². The summed E-state index contributed by atoms with van der Waals surface area (Å²) in [7, 11) is 3.13. The van der Waals surface area contributed by atoms with Crippen LogP contribution in [0, 0.1) is 11.6 Å². The molecule has 0 aromatic heterocycles. The molecule has 1 atom stereocenters. The number of rotatable bonds is 8. The largest absolute Gasteiger partial charge is 0.493 e. The summed E-state index contributed by atoms with van der Waals surface area (Å²) < 4.78 is 46.2. The Hall–Kier alpha value is -3.16. The number of benzene rings is 3. The van der Waals surface area contributed by atoms with Gasteiger partial charge in [-0.3, -0.25) is 4.90 Å². The minimum absolute atomic E-state index is 0.348. The van der Waals surface area contributed by atoms with E-state index < -0.39 is 17.7 Å². The summed E-state index contributed by atoms with van der Waals surface area (Å²) in [6.07, 6.45) is 0.922. The van der Waals surface area contributed by atoms with Crippen LogP contribution in [0.25, 0.3) is 0 Å². The molecule has 4 rings (SSSR count). The maximum Gasteiger partial charge on any atom is 0.203 e. The molecule has 0 aliphatic carbocycles. The Labute approximate surface area is 199 Å². The van der Waals surface area contributed by atoms with E-state index in [1.807, 2.05) is 42.5 Å². The van der Waals surface area contributed by atoms with Gasteiger partial charge in [0.05, 0.1) is 20.3 Å². The quantitative estimate of drug-likeness (QED) is 0.507. The lowest BCUT2D eigenvalue weighted by atomic mass is 9.95. The molecular weight excluding hydrogens is 438 g/mol. The van der Waals surface area contributed by atoms with E-state index in [0.717, 1.165) is 49.8 Å². The van der Waals surface area contributed by atoms with Gasteiger partial charge in [0, 0.05) is 31.3 Å². The Morgan fingerprint density at radius 1 is 0.912 bits per heavy atom. The minimum Gasteiger partial charge on any atom is -0.493 e. The normalized spacial score (nSPS) is 15.4. The summed E-state index contributed by atoms with van der Waals surface area (Å²) in [6, 6.07) is 16.8. The molecule has 1 saturated heterocycles. The Morgan fingerprint density at radius 3 is 2.32 bits per heavy atom. The zero-order valence-electron chi connectivity index (χ0n) is 19.5. The van der Waals surface area contributed by atoms with Crippen LogP contribution in [0.5, 0.6) is 17.2 Å². The van der Waals surface area contributed by atoms with E-state index in [9.17, 15) is 4.39 Å². The van der Waals surface area contributed by atoms with Crippen LogP contribution in [0.2, 0.25) is 0 Å². The van der Waals surface area contributed by atoms with Gasteiger partial charge in [-0.25, -0.2) is 8.78 Å². The molecule has 1 fully saturated rings. The van der Waals surface area contributed by atoms with Gasteiger partial charge in [0.2, 0.25) is 5.75 Å². The van der Waals surface area contributed by atoms with Crippen LogP contribution in [0.1, 0.15) is 29.2 Å². The van der Waals surface area contributed by atoms with Crippen molar-refractivity contribution < 1.29 is 23.0 Å². The van der Waals surface area contributed by atoms with Gasteiger partial charge in [0.1, 0.15) is 18.2 Å². The molecule has 3 aromatic rings. The van der Waals surface area contributed by atoms with Crippen LogP contribution < -0.4 is 19.5 Å². The van der Waals surface area contributed by atoms with Gasteiger partial charge in [0.25, 0.3) is 0 Å². The zero-order valence-corrected chi connectivity index (χ0v) is 19.5. The Balaban J connectivity index is 1.75. The first-order valence-corrected chi connectivity index (χ1v) is 11.4. The minimum atomic E-state index is -0.600. The molecule has 1 aliphatic rings. The Kier molecular flexibility index (Phi) is 7.98. The first-order valence-electron chi connectivity index (χ1n) is 11.4. The van der Waals surface area contributed by atoms with Crippen LogP contribution in [0.3, 0.4) is 0 Å². The number of hydrogen-bond acceptors (Lipinski definition) is 5. The Bertz CT molecular complexity index is 1060. The van der Waals surface area contributed by atoms with Gasteiger partial charge >= 0.3 is 0 Å². The number of methoxy groups -OCH3 is 2. The molecule has 1 heterocycles. The standard InChI is InChI=1S/C27H30F2N2O3/c1-32-24-15-20(16-25(33-2)27(24)34-18-19-7-4-3-5-8-19)26(31-13-6-11-30-12-14-31)22-10-9-21(28)17-23(22)29/h3-5,7-10,15-17,26,30H,6,11-14,18H2,1-2H3. The second-order valence-corrected chi connectivity index (χ2v) is 8.24. The third kappa shape index (κ3) is 5.48. The van der Waals surface area contributed by atoms with E-state index >= 15 is 4.39 Å². The fraction of sp³-hybridized carbons (Fsp3) is 0.333. The van der Waals surface area contributed by atoms with Crippen molar-refractivity contribution >= 4 is 0 Å². The lowest BCUT2D eigenvalue weighted by Crippen LogP contribution is -2.33. The van der Waals surface area contributed by atoms with Crippen molar-refractivity contribution in [3.05, 3.63) is 89.0 Å². The first-order chi connectivity index (χ1) is 16.6. The van der Waals surface area contributed by atoms with Gasteiger partial charge in [0.15, 0.2) is 11.5 Å². The summed E-state index contributed by atoms with van der Waals surface area (Å²) in [5.74, 6) is 0.284. The second-order valence-electron chi connectivity index (χ2n) is 8.24. The highest BCUT2D eigenvalue weighted by Crippen LogP contribution is 2.43. The summed E-state index contributed by atoms with van der Waals surface area (Å²) in [5.41, 5.74) is 2.21. The maximum absolute atomic E-state index is 15.0. The smallest absolute Gasteiger partial charge is 0.203 e. The molecule has 3 aromatic carbocycles. The average molecular weight is 469 g/mol. The molecule has 0 bridgehead atoms. The highest BCUT2D eigenvalue weighted by atomic mass is 19.1. The van der Waals surface area contributed by atoms with Gasteiger partial charge in [-0.05, 0) is 42.3 Å². The van der Waals surface area contributed by atoms with E-state index in [1.165, 1.54) is 12.1 Å². The first kappa shape index (κ1) is 24.0. The molecule has 0 amide bonds. The van der Waals surface area contributed by atoms with E-state index in [2.05, 4.69) is 10.2 Å². The highest BCUT2D eigenvalue weighted by molar-refractivity contribution is 5.55. The second kappa shape index (κ2) is 11.3. The zero-order chi connectivity index (χ0) is 23.9. The molecule has 7 heteroatoms. The molecule has 1 unspecified atom stereocenters. The molecule has 1 N–H and O–H groups in total. The van der Waals surface area contributed by atoms with Crippen LogP contribution in [-0.4, -0.2) is 45.3 Å². The number of hydrogen-bond donors (Lipinski definition) is 1. The van der Waals surface area contributed by atoms with Crippen LogP contribution in [-0.2, 0) is 6.61 Å². The lowest BCUT2D eigenvalue weighted by molar-refractivity contribution is 0.233. The maximum atomic E-state index is 15.0. The summed E-state index contributed by atoms with van der Waals surface area (Å²) in [4.78, 5) is 2.20. The molecule has 0 saturated carbocycles. The summed E-state index contributed by atoms with van der Waals surface area (Å²) in [5, 5.41) is 3.38. The fourth-order valence-corrected chi connectivity index (χ4v) is 4.37. The van der Waals surface area contributed by atoms with Crippen molar-refractivity contribution in [2.24, 2.45) is 0 Å². The third-order valence-electron chi connectivity index (χ3n) is 6.02. The third-order valence-corrected chi connectivity index (χ3v) is 6.02. The lowest BCUT2D eigenvalue weighted by Gasteiger charge is -2.32. The number of nitrogens with zero attached hydrogens (tertiary/aromatic N) is 1. The number of halogens is 2. The predicted molar refractivity (Wildman–Crippen MR) is 128 cm³/mol. The number of ether oxygens (including phenoxy) is 3. The molecule has 0 radical (unpaired) electrons. The predicted octanol–water partition coefficient (Wildman–Crippen LogP) is 4.95. The molecule has 5 nitrogen and oxygen atoms in total. The van der Waals surface area contributed by atoms with Crippen molar-refractivity contribution in [3.8, 4) is 17.2 Å². The van der Waals surface area contributed by atoms with Crippen LogP contribution in [0.15, 0.2) is 60.7 Å². The van der Waals surface area contributed by atoms with Crippen molar-refractivity contribution in [1.29, 1.82) is 0 Å². The van der Waals surface area contributed by atoms with Crippen molar-refractivity contribution in [2.75, 3.05) is 40.4 Å². The van der Waals surface area contributed by atoms with Crippen LogP contribution >= 0.6 is 0 Å². The molecular formula is C27H30F2N2O3. The highest BCUT2D eigenvalue weighted by Gasteiger charge is 2.28. The van der Waals surface area contributed by atoms with E-state index in [1.54, 1.807) is 14.2 Å². The molecule has 180 valence electrons. The Morgan fingerprint density at radius 2 is 1.65 bits per heavy atom. The number of nitrogens with one attached hydrogen (secondary N) is 1. The van der Waals surface area contributed by atoms with Gasteiger partial charge < -0.3 is 19.5 Å². The van der Waals surface area contributed by atoms with Gasteiger partial charge in [-0.2, -0.15) is 0 Å². The SMILES string of the molecule is COc1cc(C(c2ccc(F)cc2F)N2CCCNCC2)cc(OC)c1OCc1ccccc1. The van der Waals surface area contributed by atoms with Crippen LogP contribution in [0.4, 0.5) is 8.78 Å².